The molecule has 0 radical (unpaired) electrons. The van der Waals surface area contributed by atoms with Crippen molar-refractivity contribution >= 4 is 29.5 Å². The van der Waals surface area contributed by atoms with Crippen LogP contribution in [0.25, 0.3) is 0 Å². The summed E-state index contributed by atoms with van der Waals surface area (Å²) < 4.78 is 4.43. The van der Waals surface area contributed by atoms with E-state index in [1.165, 1.54) is 0 Å². The topological polar surface area (TPSA) is 87.1 Å². The Balaban J connectivity index is 1.98. The largest absolute Gasteiger partial charge is 0.461 e. The molecule has 0 aromatic rings. The monoisotopic (exact) mass is 520 g/mol. The second-order valence-electron chi connectivity index (χ2n) is 10.7. The second kappa shape index (κ2) is 12.2. The molecule has 8 heteroatoms. The molecule has 1 spiro atoms. The van der Waals surface area contributed by atoms with E-state index in [9.17, 15) is 14.4 Å². The van der Waals surface area contributed by atoms with Gasteiger partial charge >= 0.3 is 5.97 Å². The summed E-state index contributed by atoms with van der Waals surface area (Å²) in [5.41, 5.74) is 0. The van der Waals surface area contributed by atoms with Crippen LogP contribution in [-0.4, -0.2) is 80.6 Å². The van der Waals surface area contributed by atoms with Crippen LogP contribution in [0.5, 0.6) is 0 Å². The lowest BCUT2D eigenvalue weighted by Gasteiger charge is -2.39. The number of ether oxygens (including phenoxy) is 1. The number of fused-ring (bicyclic) bond motifs is 1. The van der Waals surface area contributed by atoms with Crippen molar-refractivity contribution in [3.8, 4) is 0 Å². The van der Waals surface area contributed by atoms with Crippen LogP contribution >= 0.6 is 11.8 Å². The summed E-state index contributed by atoms with van der Waals surface area (Å²) in [4.78, 5) is 45.3. The van der Waals surface area contributed by atoms with Crippen LogP contribution in [0.3, 0.4) is 0 Å². The number of nitrogens with zero attached hydrogens (tertiary/aromatic N) is 2. The molecule has 2 bridgehead atoms. The van der Waals surface area contributed by atoms with Crippen molar-refractivity contribution in [1.29, 1.82) is 0 Å². The van der Waals surface area contributed by atoms with Crippen molar-refractivity contribution in [2.24, 2.45) is 11.8 Å². The Kier molecular flexibility index (Phi) is 9.72. The summed E-state index contributed by atoms with van der Waals surface area (Å²) in [7, 11) is 0. The van der Waals surface area contributed by atoms with Gasteiger partial charge in [0, 0.05) is 30.5 Å². The standard InChI is InChI=1S/C28H44N2O5S/c1-6-13-20(4)29(16-7-2)25(33)23-28-15-14-27(5,36-28)22(26(34)35-19-8-3)21(28)24(32)30(23)17-11-9-10-12-18-31/h7-8,20-23,31H,2-3,6,9-19H2,1,4-5H3/t20?,21-,22+,23?,27-,28?/m0/s1. The van der Waals surface area contributed by atoms with Crippen LogP contribution in [-0.2, 0) is 19.1 Å². The molecule has 3 saturated heterocycles. The minimum atomic E-state index is -0.628. The van der Waals surface area contributed by atoms with E-state index in [2.05, 4.69) is 33.9 Å². The summed E-state index contributed by atoms with van der Waals surface area (Å²) in [5, 5.41) is 9.11. The van der Waals surface area contributed by atoms with Gasteiger partial charge in [-0.2, -0.15) is 0 Å². The van der Waals surface area contributed by atoms with Gasteiger partial charge < -0.3 is 19.6 Å². The predicted molar refractivity (Wildman–Crippen MR) is 143 cm³/mol. The molecule has 2 amide bonds. The van der Waals surface area contributed by atoms with E-state index in [-0.39, 0.29) is 37.0 Å². The molecule has 3 unspecified atom stereocenters. The van der Waals surface area contributed by atoms with Gasteiger partial charge in [0.15, 0.2) is 0 Å². The van der Waals surface area contributed by atoms with E-state index in [1.54, 1.807) is 28.8 Å². The van der Waals surface area contributed by atoms with Crippen molar-refractivity contribution < 1.29 is 24.2 Å². The van der Waals surface area contributed by atoms with E-state index < -0.39 is 27.4 Å². The van der Waals surface area contributed by atoms with Gasteiger partial charge in [-0.25, -0.2) is 0 Å². The van der Waals surface area contributed by atoms with Gasteiger partial charge in [-0.05, 0) is 46.0 Å². The first-order chi connectivity index (χ1) is 17.2. The number of aliphatic hydroxyl groups is 1. The highest BCUT2D eigenvalue weighted by atomic mass is 32.2. The predicted octanol–water partition coefficient (Wildman–Crippen LogP) is 3.95. The lowest BCUT2D eigenvalue weighted by Crippen LogP contribution is -2.56. The average Bonchev–Trinajstić information content (AvgIpc) is 3.41. The van der Waals surface area contributed by atoms with E-state index in [0.717, 1.165) is 51.4 Å². The fraction of sp³-hybridized carbons (Fsp3) is 0.750. The van der Waals surface area contributed by atoms with Crippen molar-refractivity contribution in [2.45, 2.75) is 93.7 Å². The summed E-state index contributed by atoms with van der Waals surface area (Å²) in [6.07, 6.45) is 9.88. The van der Waals surface area contributed by atoms with E-state index in [0.29, 0.717) is 13.1 Å². The van der Waals surface area contributed by atoms with E-state index in [4.69, 9.17) is 9.84 Å². The molecule has 0 saturated carbocycles. The van der Waals surface area contributed by atoms with Gasteiger partial charge in [0.25, 0.3) is 0 Å². The molecule has 0 aliphatic carbocycles. The number of hydrogen-bond acceptors (Lipinski definition) is 6. The molecular weight excluding hydrogens is 476 g/mol. The van der Waals surface area contributed by atoms with Crippen molar-refractivity contribution in [3.05, 3.63) is 25.3 Å². The number of aliphatic hydroxyl groups excluding tert-OH is 1. The molecule has 202 valence electrons. The summed E-state index contributed by atoms with van der Waals surface area (Å²) >= 11 is 1.68. The first-order valence-corrected chi connectivity index (χ1v) is 14.3. The van der Waals surface area contributed by atoms with Crippen LogP contribution < -0.4 is 0 Å². The van der Waals surface area contributed by atoms with E-state index in [1.807, 2.05) is 4.90 Å². The summed E-state index contributed by atoms with van der Waals surface area (Å²) in [5.74, 6) is -1.60. The summed E-state index contributed by atoms with van der Waals surface area (Å²) in [6.45, 7) is 14.9. The zero-order chi connectivity index (χ0) is 26.5. The van der Waals surface area contributed by atoms with Crippen molar-refractivity contribution in [3.63, 3.8) is 0 Å². The fourth-order valence-electron chi connectivity index (χ4n) is 6.64. The highest BCUT2D eigenvalue weighted by Crippen LogP contribution is 2.71. The van der Waals surface area contributed by atoms with Gasteiger partial charge in [-0.15, -0.1) is 18.3 Å². The van der Waals surface area contributed by atoms with Gasteiger partial charge in [-0.1, -0.05) is 44.9 Å². The van der Waals surface area contributed by atoms with Gasteiger partial charge in [0.2, 0.25) is 11.8 Å². The molecule has 3 rings (SSSR count). The zero-order valence-corrected chi connectivity index (χ0v) is 23.1. The minimum absolute atomic E-state index is 0.0288. The number of unbranched alkanes of at least 4 members (excludes halogenated alkanes) is 3. The van der Waals surface area contributed by atoms with Crippen LogP contribution in [0.15, 0.2) is 25.3 Å². The Morgan fingerprint density at radius 3 is 2.61 bits per heavy atom. The SMILES string of the molecule is C=CCOC(=O)[C@H]1[C@H]2C(=O)N(CCCCCCO)C(C(=O)N(CC=C)C(C)CCC)C23CC[C@]1(C)S3. The molecule has 7 nitrogen and oxygen atoms in total. The number of carbonyl (C=O) groups is 3. The lowest BCUT2D eigenvalue weighted by atomic mass is 9.66. The normalized spacial score (nSPS) is 31.3. The Labute approximate surface area is 220 Å². The van der Waals surface area contributed by atoms with Crippen LogP contribution in [0.1, 0.15) is 72.1 Å². The van der Waals surface area contributed by atoms with Gasteiger partial charge in [0.05, 0.1) is 16.6 Å². The quantitative estimate of drug-likeness (QED) is 0.200. The Bertz CT molecular complexity index is 850. The Morgan fingerprint density at radius 1 is 1.25 bits per heavy atom. The summed E-state index contributed by atoms with van der Waals surface area (Å²) in [6, 6.07) is -0.568. The Hall–Kier alpha value is -1.80. The highest BCUT2D eigenvalue weighted by Gasteiger charge is 2.77. The first-order valence-electron chi connectivity index (χ1n) is 13.5. The number of hydrogen-bond donors (Lipinski definition) is 1. The van der Waals surface area contributed by atoms with Gasteiger partial charge in [-0.3, -0.25) is 14.4 Å². The molecule has 0 aromatic carbocycles. The first kappa shape index (κ1) is 28.8. The molecule has 1 N–H and O–H groups in total. The second-order valence-corrected chi connectivity index (χ2v) is 12.6. The molecule has 36 heavy (non-hydrogen) atoms. The maximum absolute atomic E-state index is 14.3. The number of rotatable bonds is 15. The molecule has 3 aliphatic rings. The third-order valence-electron chi connectivity index (χ3n) is 8.26. The fourth-order valence-corrected chi connectivity index (χ4v) is 8.98. The third kappa shape index (κ3) is 5.13. The average molecular weight is 521 g/mol. The zero-order valence-electron chi connectivity index (χ0n) is 22.2. The molecular formula is C28H44N2O5S. The number of esters is 1. The smallest absolute Gasteiger partial charge is 0.311 e. The molecule has 0 aromatic heterocycles. The lowest BCUT2D eigenvalue weighted by molar-refractivity contribution is -0.154. The van der Waals surface area contributed by atoms with Crippen molar-refractivity contribution in [2.75, 3.05) is 26.3 Å². The van der Waals surface area contributed by atoms with Crippen molar-refractivity contribution in [1.82, 2.24) is 9.80 Å². The molecule has 3 aliphatic heterocycles. The van der Waals surface area contributed by atoms with Crippen LogP contribution in [0, 0.1) is 11.8 Å². The Morgan fingerprint density at radius 2 is 1.97 bits per heavy atom. The number of carbonyl (C=O) groups excluding carboxylic acids is 3. The number of likely N-dealkylation sites (tertiary alicyclic amines) is 1. The molecule has 3 heterocycles. The maximum atomic E-state index is 14.3. The van der Waals surface area contributed by atoms with Crippen LogP contribution in [0.2, 0.25) is 0 Å². The minimum Gasteiger partial charge on any atom is -0.461 e. The van der Waals surface area contributed by atoms with Gasteiger partial charge in [0.1, 0.15) is 12.6 Å². The van der Waals surface area contributed by atoms with Crippen LogP contribution in [0.4, 0.5) is 0 Å². The molecule has 6 atom stereocenters. The maximum Gasteiger partial charge on any atom is 0.311 e. The number of amides is 2. The highest BCUT2D eigenvalue weighted by molar-refractivity contribution is 8.02. The molecule has 3 fully saturated rings. The van der Waals surface area contributed by atoms with E-state index >= 15 is 0 Å². The third-order valence-corrected chi connectivity index (χ3v) is 10.2. The number of thioether (sulfide) groups is 1.